The van der Waals surface area contributed by atoms with Gasteiger partial charge in [-0.2, -0.15) is 5.26 Å². The number of methoxy groups -OCH3 is 2. The predicted octanol–water partition coefficient (Wildman–Crippen LogP) is 12.4. The molecule has 1 unspecified atom stereocenters. The molecule has 0 radical (unpaired) electrons. The summed E-state index contributed by atoms with van der Waals surface area (Å²) in [7, 11) is 1.71. The molecule has 10 nitrogen and oxygen atoms in total. The van der Waals surface area contributed by atoms with Crippen LogP contribution in [0.15, 0.2) is 158 Å². The molecule has 4 atom stereocenters. The van der Waals surface area contributed by atoms with E-state index in [1.165, 1.54) is 0 Å². The quantitative estimate of drug-likeness (QED) is 0.0351. The van der Waals surface area contributed by atoms with E-state index in [1.807, 2.05) is 146 Å². The van der Waals surface area contributed by atoms with Gasteiger partial charge in [0.1, 0.15) is 36.4 Å². The van der Waals surface area contributed by atoms with Gasteiger partial charge in [-0.15, -0.1) is 0 Å². The van der Waals surface area contributed by atoms with Crippen molar-refractivity contribution in [3.63, 3.8) is 0 Å². The smallest absolute Gasteiger partial charge is 0.259 e. The SMILES string of the molecule is COc1ccc(C(OC[C@H]2O[C@@H](c3ccc(OCc4ccccc4)c(OCc4ccccc4)c3)C[C@@H]2OP(OCCC#N)N(C(C)C)C(C)C)(c2ccccc2)c2ccc(OC)cc2)cc1. The summed E-state index contributed by atoms with van der Waals surface area (Å²) < 4.78 is 54.6. The van der Waals surface area contributed by atoms with Crippen molar-refractivity contribution in [1.82, 2.24) is 4.67 Å². The van der Waals surface area contributed by atoms with Crippen molar-refractivity contribution >= 4 is 8.53 Å². The minimum Gasteiger partial charge on any atom is -0.497 e. The summed E-state index contributed by atoms with van der Waals surface area (Å²) in [5.74, 6) is 2.72. The molecule has 66 heavy (non-hydrogen) atoms. The highest BCUT2D eigenvalue weighted by molar-refractivity contribution is 7.44. The molecular formula is C55H61N2O8P. The summed E-state index contributed by atoms with van der Waals surface area (Å²) in [6.45, 7) is 9.69. The first-order chi connectivity index (χ1) is 32.2. The van der Waals surface area contributed by atoms with Gasteiger partial charge in [0, 0.05) is 18.5 Å². The van der Waals surface area contributed by atoms with Gasteiger partial charge < -0.3 is 37.5 Å². The summed E-state index contributed by atoms with van der Waals surface area (Å²) in [5, 5.41) is 9.50. The van der Waals surface area contributed by atoms with Crippen molar-refractivity contribution in [2.24, 2.45) is 0 Å². The normalized spacial score (nSPS) is 16.6. The molecule has 1 heterocycles. The average molecular weight is 909 g/mol. The van der Waals surface area contributed by atoms with Crippen LogP contribution in [0.3, 0.4) is 0 Å². The Kier molecular flexibility index (Phi) is 17.2. The topological polar surface area (TPSA) is 101 Å². The Morgan fingerprint density at radius 1 is 0.667 bits per heavy atom. The van der Waals surface area contributed by atoms with Crippen LogP contribution in [0.4, 0.5) is 0 Å². The van der Waals surface area contributed by atoms with E-state index in [2.05, 4.69) is 50.6 Å². The molecule has 0 amide bonds. The Hall–Kier alpha value is -5.76. The number of ether oxygens (including phenoxy) is 6. The Morgan fingerprint density at radius 2 is 1.18 bits per heavy atom. The summed E-state index contributed by atoms with van der Waals surface area (Å²) in [4.78, 5) is 0. The molecule has 1 saturated heterocycles. The Labute approximate surface area is 391 Å². The van der Waals surface area contributed by atoms with E-state index in [-0.39, 0.29) is 31.7 Å². The van der Waals surface area contributed by atoms with Crippen LogP contribution in [-0.2, 0) is 37.3 Å². The molecule has 0 aliphatic carbocycles. The third-order valence-electron chi connectivity index (χ3n) is 11.5. The van der Waals surface area contributed by atoms with Gasteiger partial charge in [-0.25, -0.2) is 4.67 Å². The minimum absolute atomic E-state index is 0.106. The fraction of sp³-hybridized carbons (Fsp3) is 0.327. The van der Waals surface area contributed by atoms with Crippen molar-refractivity contribution in [3.05, 3.63) is 191 Å². The molecule has 0 saturated carbocycles. The molecular weight excluding hydrogens is 848 g/mol. The van der Waals surface area contributed by atoms with Crippen LogP contribution in [0, 0.1) is 11.3 Å². The highest BCUT2D eigenvalue weighted by atomic mass is 31.2. The summed E-state index contributed by atoms with van der Waals surface area (Å²) in [6.07, 6.45) is -0.670. The number of nitrogens with zero attached hydrogens (tertiary/aromatic N) is 2. The lowest BCUT2D eigenvalue weighted by molar-refractivity contribution is -0.0806. The number of nitriles is 1. The van der Waals surface area contributed by atoms with E-state index in [0.717, 1.165) is 44.9 Å². The average Bonchev–Trinajstić information content (AvgIpc) is 3.76. The Balaban J connectivity index is 1.27. The molecule has 6 aromatic rings. The fourth-order valence-electron chi connectivity index (χ4n) is 8.31. The predicted molar refractivity (Wildman–Crippen MR) is 259 cm³/mol. The lowest BCUT2D eigenvalue weighted by atomic mass is 9.80. The van der Waals surface area contributed by atoms with Crippen LogP contribution in [0.5, 0.6) is 23.0 Å². The molecule has 11 heteroatoms. The zero-order valence-corrected chi connectivity index (χ0v) is 39.6. The van der Waals surface area contributed by atoms with Gasteiger partial charge >= 0.3 is 0 Å². The van der Waals surface area contributed by atoms with E-state index in [4.69, 9.17) is 37.5 Å². The standard InChI is InChI=1S/C55H61N2O8P/c1-40(2)57(41(3)4)66(63-34-16-33-56)65-53-36-51(44-23-32-50(60-37-42-17-10-7-11-18-42)52(35-44)61-38-43-19-12-8-13-20-43)64-54(53)39-62-55(45-21-14-9-15-22-45,46-24-28-48(58-5)29-25-46)47-26-30-49(59-6)31-27-47/h7-15,17-32,35,40-41,51,53-54H,16,34,36-39H2,1-6H3/t51-,53+,54-,66?/m1/s1. The fourth-order valence-corrected chi connectivity index (χ4v) is 10.1. The molecule has 6 aromatic carbocycles. The van der Waals surface area contributed by atoms with Crippen LogP contribution in [0.25, 0.3) is 0 Å². The van der Waals surface area contributed by atoms with E-state index in [0.29, 0.717) is 31.1 Å². The molecule has 0 bridgehead atoms. The van der Waals surface area contributed by atoms with Gasteiger partial charge in [0.15, 0.2) is 11.5 Å². The van der Waals surface area contributed by atoms with E-state index in [9.17, 15) is 5.26 Å². The summed E-state index contributed by atoms with van der Waals surface area (Å²) in [5.41, 5.74) is 4.68. The van der Waals surface area contributed by atoms with Gasteiger partial charge in [0.2, 0.25) is 0 Å². The largest absolute Gasteiger partial charge is 0.497 e. The molecule has 0 aromatic heterocycles. The van der Waals surface area contributed by atoms with Crippen LogP contribution in [0.2, 0.25) is 0 Å². The van der Waals surface area contributed by atoms with Crippen LogP contribution in [-0.4, -0.2) is 56.4 Å². The number of benzene rings is 6. The van der Waals surface area contributed by atoms with Crippen molar-refractivity contribution < 1.29 is 37.5 Å². The van der Waals surface area contributed by atoms with Crippen LogP contribution in [0.1, 0.15) is 80.0 Å². The minimum atomic E-state index is -1.62. The van der Waals surface area contributed by atoms with Crippen molar-refractivity contribution in [2.45, 2.75) is 89.7 Å². The zero-order chi connectivity index (χ0) is 46.3. The number of rotatable bonds is 23. The number of hydrogen-bond donors (Lipinski definition) is 0. The molecule has 344 valence electrons. The molecule has 1 aliphatic rings. The zero-order valence-electron chi connectivity index (χ0n) is 38.7. The van der Waals surface area contributed by atoms with Crippen molar-refractivity contribution in [3.8, 4) is 29.1 Å². The monoisotopic (exact) mass is 908 g/mol. The summed E-state index contributed by atoms with van der Waals surface area (Å²) in [6, 6.07) is 54.9. The molecule has 1 aliphatic heterocycles. The van der Waals surface area contributed by atoms with Gasteiger partial charge in [-0.3, -0.25) is 0 Å². The molecule has 0 spiro atoms. The lowest BCUT2D eigenvalue weighted by Crippen LogP contribution is -2.39. The molecule has 1 fully saturated rings. The molecule has 0 N–H and O–H groups in total. The second-order valence-corrected chi connectivity index (χ2v) is 18.1. The van der Waals surface area contributed by atoms with E-state index in [1.54, 1.807) is 14.2 Å². The van der Waals surface area contributed by atoms with Gasteiger partial charge in [0.25, 0.3) is 8.53 Å². The van der Waals surface area contributed by atoms with Crippen molar-refractivity contribution in [2.75, 3.05) is 27.4 Å². The van der Waals surface area contributed by atoms with Crippen LogP contribution >= 0.6 is 8.53 Å². The second kappa shape index (κ2) is 23.6. The van der Waals surface area contributed by atoms with E-state index >= 15 is 0 Å². The summed E-state index contributed by atoms with van der Waals surface area (Å²) >= 11 is 0. The second-order valence-electron chi connectivity index (χ2n) is 16.7. The first-order valence-corrected chi connectivity index (χ1v) is 23.7. The third kappa shape index (κ3) is 12.0. The van der Waals surface area contributed by atoms with Gasteiger partial charge in [0.05, 0.1) is 52.1 Å². The lowest BCUT2D eigenvalue weighted by Gasteiger charge is -2.39. The maximum absolute atomic E-state index is 9.50. The first-order valence-electron chi connectivity index (χ1n) is 22.6. The Morgan fingerprint density at radius 3 is 1.70 bits per heavy atom. The van der Waals surface area contributed by atoms with Crippen LogP contribution < -0.4 is 18.9 Å². The maximum Gasteiger partial charge on any atom is 0.259 e. The highest BCUT2D eigenvalue weighted by Crippen LogP contribution is 2.52. The van der Waals surface area contributed by atoms with E-state index < -0.39 is 32.4 Å². The first kappa shape index (κ1) is 48.2. The van der Waals surface area contributed by atoms with Gasteiger partial charge in [-0.05, 0) is 97.5 Å². The highest BCUT2D eigenvalue weighted by Gasteiger charge is 2.45. The number of hydrogen-bond acceptors (Lipinski definition) is 10. The third-order valence-corrected chi connectivity index (χ3v) is 13.7. The Bertz CT molecular complexity index is 2360. The van der Waals surface area contributed by atoms with Gasteiger partial charge in [-0.1, -0.05) is 121 Å². The maximum atomic E-state index is 9.50. The van der Waals surface area contributed by atoms with Crippen molar-refractivity contribution in [1.29, 1.82) is 5.26 Å². The molecule has 7 rings (SSSR count).